The minimum atomic E-state index is -3.30. The predicted octanol–water partition coefficient (Wildman–Crippen LogP) is 4.95. The zero-order valence-electron chi connectivity index (χ0n) is 18.2. The number of nitrogens with one attached hydrogen (secondary N) is 1. The summed E-state index contributed by atoms with van der Waals surface area (Å²) in [5, 5.41) is 3.02. The van der Waals surface area contributed by atoms with E-state index in [4.69, 9.17) is 0 Å². The van der Waals surface area contributed by atoms with Gasteiger partial charge < -0.3 is 5.32 Å². The molecule has 1 aliphatic heterocycles. The predicted molar refractivity (Wildman–Crippen MR) is 130 cm³/mol. The van der Waals surface area contributed by atoms with E-state index < -0.39 is 10.0 Å². The third-order valence-corrected chi connectivity index (χ3v) is 7.71. The van der Waals surface area contributed by atoms with E-state index in [-0.39, 0.29) is 17.6 Å². The Kier molecular flexibility index (Phi) is 6.61. The van der Waals surface area contributed by atoms with Crippen molar-refractivity contribution >= 4 is 27.3 Å². The van der Waals surface area contributed by atoms with E-state index in [1.54, 1.807) is 13.0 Å². The van der Waals surface area contributed by atoms with Crippen LogP contribution in [0.1, 0.15) is 42.4 Å². The normalized spacial score (nSPS) is 13.6. The smallest absolute Gasteiger partial charge is 0.234 e. The number of nitrogens with zero attached hydrogens (tertiary/aromatic N) is 1. The molecule has 0 unspecified atom stereocenters. The van der Waals surface area contributed by atoms with E-state index in [1.807, 2.05) is 72.8 Å². The van der Waals surface area contributed by atoms with Gasteiger partial charge in [-0.15, -0.1) is 0 Å². The molecule has 1 amide bonds. The summed E-state index contributed by atoms with van der Waals surface area (Å²) >= 11 is 0. The Balaban J connectivity index is 1.53. The molecule has 166 valence electrons. The summed E-state index contributed by atoms with van der Waals surface area (Å²) in [5.74, 6) is -0.0395. The Bertz CT molecular complexity index is 1140. The Labute approximate surface area is 190 Å². The summed E-state index contributed by atoms with van der Waals surface area (Å²) in [6, 6.07) is 25.6. The van der Waals surface area contributed by atoms with Gasteiger partial charge in [0, 0.05) is 24.6 Å². The van der Waals surface area contributed by atoms with Crippen molar-refractivity contribution in [3.63, 3.8) is 0 Å². The highest BCUT2D eigenvalue weighted by Crippen LogP contribution is 2.33. The van der Waals surface area contributed by atoms with E-state index in [0.717, 1.165) is 35.2 Å². The van der Waals surface area contributed by atoms with Crippen molar-refractivity contribution in [1.29, 1.82) is 0 Å². The third-order valence-electron chi connectivity index (χ3n) is 5.93. The summed E-state index contributed by atoms with van der Waals surface area (Å²) < 4.78 is 26.4. The summed E-state index contributed by atoms with van der Waals surface area (Å²) in [7, 11) is -3.30. The van der Waals surface area contributed by atoms with Crippen molar-refractivity contribution in [2.24, 2.45) is 0 Å². The molecule has 0 atom stereocenters. The topological polar surface area (TPSA) is 66.5 Å². The molecule has 3 aromatic rings. The fourth-order valence-corrected chi connectivity index (χ4v) is 5.48. The highest BCUT2D eigenvalue weighted by Gasteiger charge is 2.26. The van der Waals surface area contributed by atoms with Gasteiger partial charge in [0.05, 0.1) is 11.4 Å². The van der Waals surface area contributed by atoms with Crippen LogP contribution in [0.5, 0.6) is 0 Å². The zero-order chi connectivity index (χ0) is 22.6. The van der Waals surface area contributed by atoms with E-state index in [2.05, 4.69) is 5.32 Å². The van der Waals surface area contributed by atoms with Crippen LogP contribution in [-0.4, -0.2) is 26.6 Å². The molecular weight excluding hydrogens is 420 g/mol. The minimum Gasteiger partial charge on any atom is -0.326 e. The molecule has 0 aromatic heterocycles. The number of hydrogen-bond acceptors (Lipinski definition) is 3. The molecule has 1 N–H and O–H groups in total. The maximum atomic E-state index is 13.0. The summed E-state index contributed by atoms with van der Waals surface area (Å²) in [5.41, 5.74) is 4.57. The van der Waals surface area contributed by atoms with Crippen LogP contribution in [-0.2, 0) is 21.2 Å². The molecule has 6 heteroatoms. The number of sulfonamides is 1. The first-order chi connectivity index (χ1) is 15.5. The second-order valence-corrected chi connectivity index (χ2v) is 10.2. The monoisotopic (exact) mass is 448 g/mol. The van der Waals surface area contributed by atoms with Crippen LogP contribution in [0.2, 0.25) is 0 Å². The van der Waals surface area contributed by atoms with Crippen molar-refractivity contribution in [1.82, 2.24) is 0 Å². The fourth-order valence-electron chi connectivity index (χ4n) is 4.28. The first kappa shape index (κ1) is 22.1. The number of hydrogen-bond donors (Lipinski definition) is 1. The second-order valence-electron chi connectivity index (χ2n) is 8.05. The van der Waals surface area contributed by atoms with Gasteiger partial charge >= 0.3 is 0 Å². The van der Waals surface area contributed by atoms with E-state index in [9.17, 15) is 13.2 Å². The van der Waals surface area contributed by atoms with Crippen LogP contribution in [0.25, 0.3) is 0 Å². The first-order valence-electron chi connectivity index (χ1n) is 11.0. The number of carbonyl (C=O) groups excluding carboxylic acids is 1. The zero-order valence-corrected chi connectivity index (χ0v) is 19.0. The molecule has 0 saturated carbocycles. The maximum Gasteiger partial charge on any atom is 0.234 e. The van der Waals surface area contributed by atoms with Gasteiger partial charge in [0.1, 0.15) is 0 Å². The van der Waals surface area contributed by atoms with Crippen LogP contribution < -0.4 is 9.62 Å². The Morgan fingerprint density at radius 3 is 2.19 bits per heavy atom. The third kappa shape index (κ3) is 4.86. The van der Waals surface area contributed by atoms with Crippen molar-refractivity contribution < 1.29 is 13.2 Å². The molecule has 1 aliphatic rings. The van der Waals surface area contributed by atoms with Gasteiger partial charge in [-0.05, 0) is 54.7 Å². The molecule has 0 bridgehead atoms. The van der Waals surface area contributed by atoms with E-state index in [1.165, 1.54) is 4.31 Å². The SMILES string of the molecule is CCS(=O)(=O)N1CCCc2cc(NC(=O)CC(c3ccccc3)c3ccccc3)ccc21. The van der Waals surface area contributed by atoms with Crippen LogP contribution in [0.3, 0.4) is 0 Å². The van der Waals surface area contributed by atoms with Gasteiger partial charge in [0.2, 0.25) is 15.9 Å². The highest BCUT2D eigenvalue weighted by molar-refractivity contribution is 7.92. The molecular formula is C26H28N2O3S. The lowest BCUT2D eigenvalue weighted by Crippen LogP contribution is -2.36. The molecule has 32 heavy (non-hydrogen) atoms. The molecule has 0 fully saturated rings. The number of rotatable bonds is 7. The molecule has 4 rings (SSSR count). The summed E-state index contributed by atoms with van der Waals surface area (Å²) in [6.45, 7) is 2.17. The van der Waals surface area contributed by atoms with Crippen LogP contribution >= 0.6 is 0 Å². The molecule has 5 nitrogen and oxygen atoms in total. The molecule has 1 heterocycles. The van der Waals surface area contributed by atoms with Gasteiger partial charge in [0.25, 0.3) is 0 Å². The Morgan fingerprint density at radius 1 is 0.969 bits per heavy atom. The average molecular weight is 449 g/mol. The van der Waals surface area contributed by atoms with E-state index in [0.29, 0.717) is 18.7 Å². The largest absolute Gasteiger partial charge is 0.326 e. The number of amides is 1. The average Bonchev–Trinajstić information content (AvgIpc) is 2.83. The summed E-state index contributed by atoms with van der Waals surface area (Å²) in [4.78, 5) is 13.0. The van der Waals surface area contributed by atoms with Gasteiger partial charge in [-0.2, -0.15) is 0 Å². The number of anilines is 2. The fraction of sp³-hybridized carbons (Fsp3) is 0.269. The number of fused-ring (bicyclic) bond motifs is 1. The standard InChI is InChI=1S/C26H28N2O3S/c1-2-32(30,31)28-17-9-14-22-18-23(15-16-25(22)28)27-26(29)19-24(20-10-5-3-6-11-20)21-12-7-4-8-13-21/h3-8,10-13,15-16,18,24H,2,9,14,17,19H2,1H3,(H,27,29). The van der Waals surface area contributed by atoms with E-state index >= 15 is 0 Å². The quantitative estimate of drug-likeness (QED) is 0.556. The minimum absolute atomic E-state index is 0.0415. The van der Waals surface area contributed by atoms with Gasteiger partial charge in [-0.25, -0.2) is 8.42 Å². The van der Waals surface area contributed by atoms with Gasteiger partial charge in [0.15, 0.2) is 0 Å². The van der Waals surface area contributed by atoms with Crippen LogP contribution in [0.15, 0.2) is 78.9 Å². The highest BCUT2D eigenvalue weighted by atomic mass is 32.2. The number of carbonyl (C=O) groups is 1. The molecule has 3 aromatic carbocycles. The van der Waals surface area contributed by atoms with Crippen molar-refractivity contribution in [2.75, 3.05) is 21.9 Å². The first-order valence-corrected chi connectivity index (χ1v) is 12.6. The number of benzene rings is 3. The second kappa shape index (κ2) is 9.57. The molecule has 0 aliphatic carbocycles. The van der Waals surface area contributed by atoms with Crippen molar-refractivity contribution in [2.45, 2.75) is 32.1 Å². The summed E-state index contributed by atoms with van der Waals surface area (Å²) in [6.07, 6.45) is 1.89. The Morgan fingerprint density at radius 2 is 1.59 bits per heavy atom. The maximum absolute atomic E-state index is 13.0. The van der Waals surface area contributed by atoms with Crippen LogP contribution in [0, 0.1) is 0 Å². The van der Waals surface area contributed by atoms with Gasteiger partial charge in [-0.3, -0.25) is 9.10 Å². The molecule has 0 saturated heterocycles. The molecule has 0 radical (unpaired) electrons. The molecule has 0 spiro atoms. The van der Waals surface area contributed by atoms with Crippen molar-refractivity contribution in [3.05, 3.63) is 95.6 Å². The lowest BCUT2D eigenvalue weighted by Gasteiger charge is -2.30. The lowest BCUT2D eigenvalue weighted by molar-refractivity contribution is -0.116. The lowest BCUT2D eigenvalue weighted by atomic mass is 9.88. The van der Waals surface area contributed by atoms with Gasteiger partial charge in [-0.1, -0.05) is 60.7 Å². The van der Waals surface area contributed by atoms with Crippen molar-refractivity contribution in [3.8, 4) is 0 Å². The Hall–Kier alpha value is -3.12. The number of aryl methyl sites for hydroxylation is 1. The van der Waals surface area contributed by atoms with Crippen LogP contribution in [0.4, 0.5) is 11.4 Å².